The van der Waals surface area contributed by atoms with E-state index in [9.17, 15) is 21.6 Å². The number of carbonyl (C=O) groups excluding carboxylic acids is 1. The Bertz CT molecular complexity index is 1950. The molecule has 43 heavy (non-hydrogen) atoms. The lowest BCUT2D eigenvalue weighted by Gasteiger charge is -2.20. The Labute approximate surface area is 259 Å². The van der Waals surface area contributed by atoms with Crippen LogP contribution in [0.15, 0.2) is 94.7 Å². The first-order chi connectivity index (χ1) is 20.5. The fourth-order valence-electron chi connectivity index (χ4n) is 5.20. The Morgan fingerprint density at radius 3 is 2.09 bits per heavy atom. The summed E-state index contributed by atoms with van der Waals surface area (Å²) in [6.45, 7) is 0.204. The van der Waals surface area contributed by atoms with Crippen LogP contribution in [0.2, 0.25) is 10.0 Å². The number of nitrogens with zero attached hydrogens (tertiary/aromatic N) is 2. The van der Waals surface area contributed by atoms with Crippen LogP contribution in [0.5, 0.6) is 5.75 Å². The van der Waals surface area contributed by atoms with E-state index in [0.717, 1.165) is 11.1 Å². The SMILES string of the molecule is O=C(COc1ccc(S(=O)(=O)N2CCc3ccccc32)cc1Cl)Nc1ccc2c(c1)N(S(=O)(=O)c1ccc(Cl)cc1)CC2. The van der Waals surface area contributed by atoms with Crippen LogP contribution < -0.4 is 18.7 Å². The summed E-state index contributed by atoms with van der Waals surface area (Å²) in [4.78, 5) is 12.9. The van der Waals surface area contributed by atoms with Crippen molar-refractivity contribution >= 4 is 66.2 Å². The van der Waals surface area contributed by atoms with Gasteiger partial charge in [-0.1, -0.05) is 47.5 Å². The fourth-order valence-corrected chi connectivity index (χ4v) is 8.65. The molecule has 0 aromatic heterocycles. The van der Waals surface area contributed by atoms with Gasteiger partial charge in [0.05, 0.1) is 26.2 Å². The van der Waals surface area contributed by atoms with Gasteiger partial charge in [0.25, 0.3) is 26.0 Å². The van der Waals surface area contributed by atoms with Gasteiger partial charge in [-0.2, -0.15) is 0 Å². The minimum absolute atomic E-state index is 0.0160. The molecule has 0 saturated heterocycles. The summed E-state index contributed by atoms with van der Waals surface area (Å²) in [5.74, 6) is -0.363. The highest BCUT2D eigenvalue weighted by molar-refractivity contribution is 7.93. The van der Waals surface area contributed by atoms with E-state index in [4.69, 9.17) is 27.9 Å². The number of carbonyl (C=O) groups is 1. The van der Waals surface area contributed by atoms with Gasteiger partial charge in [-0.25, -0.2) is 16.8 Å². The summed E-state index contributed by atoms with van der Waals surface area (Å²) in [6, 6.07) is 22.5. The van der Waals surface area contributed by atoms with E-state index in [2.05, 4.69) is 5.32 Å². The van der Waals surface area contributed by atoms with Crippen molar-refractivity contribution in [3.05, 3.63) is 106 Å². The highest BCUT2D eigenvalue weighted by Gasteiger charge is 2.32. The molecule has 0 fully saturated rings. The smallest absolute Gasteiger partial charge is 0.264 e. The number of hydrogen-bond acceptors (Lipinski definition) is 6. The molecule has 0 unspecified atom stereocenters. The zero-order chi connectivity index (χ0) is 30.4. The van der Waals surface area contributed by atoms with Gasteiger partial charge in [-0.15, -0.1) is 0 Å². The summed E-state index contributed by atoms with van der Waals surface area (Å²) >= 11 is 12.3. The number of rotatable bonds is 8. The van der Waals surface area contributed by atoms with Crippen molar-refractivity contribution in [1.29, 1.82) is 0 Å². The number of anilines is 3. The van der Waals surface area contributed by atoms with E-state index in [1.54, 1.807) is 30.3 Å². The summed E-state index contributed by atoms with van der Waals surface area (Å²) < 4.78 is 61.4. The summed E-state index contributed by atoms with van der Waals surface area (Å²) in [5.41, 5.74) is 3.32. The van der Waals surface area contributed by atoms with Crippen LogP contribution in [0.4, 0.5) is 17.1 Å². The molecule has 1 N–H and O–H groups in total. The number of halogens is 2. The molecule has 9 nitrogen and oxygen atoms in total. The number of ether oxygens (including phenoxy) is 1. The Morgan fingerprint density at radius 2 is 1.37 bits per heavy atom. The van der Waals surface area contributed by atoms with Crippen LogP contribution in [0.3, 0.4) is 0 Å². The van der Waals surface area contributed by atoms with Gasteiger partial charge in [0, 0.05) is 23.8 Å². The first-order valence-corrected chi connectivity index (χ1v) is 16.9. The average molecular weight is 659 g/mol. The molecule has 4 aromatic rings. The first kappa shape index (κ1) is 29.3. The van der Waals surface area contributed by atoms with Gasteiger partial charge >= 0.3 is 0 Å². The number of nitrogens with one attached hydrogen (secondary N) is 1. The van der Waals surface area contributed by atoms with Crippen LogP contribution >= 0.6 is 23.2 Å². The molecule has 222 valence electrons. The molecule has 4 aromatic carbocycles. The van der Waals surface area contributed by atoms with Crippen molar-refractivity contribution < 1.29 is 26.4 Å². The van der Waals surface area contributed by atoms with Gasteiger partial charge < -0.3 is 10.1 Å². The van der Waals surface area contributed by atoms with Crippen molar-refractivity contribution in [2.75, 3.05) is 33.6 Å². The van der Waals surface area contributed by atoms with Crippen molar-refractivity contribution in [3.63, 3.8) is 0 Å². The highest BCUT2D eigenvalue weighted by Crippen LogP contribution is 2.37. The summed E-state index contributed by atoms with van der Waals surface area (Å²) in [6.07, 6.45) is 1.16. The predicted molar refractivity (Wildman–Crippen MR) is 166 cm³/mol. The molecule has 1 amide bonds. The van der Waals surface area contributed by atoms with E-state index >= 15 is 0 Å². The lowest BCUT2D eigenvalue weighted by molar-refractivity contribution is -0.118. The molecule has 0 aliphatic carbocycles. The largest absolute Gasteiger partial charge is 0.482 e. The Kier molecular flexibility index (Phi) is 7.76. The van der Waals surface area contributed by atoms with Gasteiger partial charge in [0.2, 0.25) is 0 Å². The molecular weight excluding hydrogens is 633 g/mol. The van der Waals surface area contributed by atoms with Crippen molar-refractivity contribution in [2.45, 2.75) is 22.6 Å². The number of hydrogen-bond donors (Lipinski definition) is 1. The minimum atomic E-state index is -3.84. The zero-order valence-electron chi connectivity index (χ0n) is 22.5. The minimum Gasteiger partial charge on any atom is -0.482 e. The van der Waals surface area contributed by atoms with Crippen LogP contribution in [0.1, 0.15) is 11.1 Å². The van der Waals surface area contributed by atoms with Gasteiger partial charge in [-0.05, 0) is 84.6 Å². The second-order valence-corrected chi connectivity index (χ2v) is 14.6. The molecule has 0 radical (unpaired) electrons. The zero-order valence-corrected chi connectivity index (χ0v) is 25.7. The molecule has 2 heterocycles. The molecule has 2 aliphatic heterocycles. The lowest BCUT2D eigenvalue weighted by atomic mass is 10.1. The number of para-hydroxylation sites is 1. The molecule has 0 saturated carbocycles. The van der Waals surface area contributed by atoms with E-state index in [1.807, 2.05) is 12.1 Å². The highest BCUT2D eigenvalue weighted by atomic mass is 35.5. The second kappa shape index (κ2) is 11.4. The van der Waals surface area contributed by atoms with E-state index in [1.165, 1.54) is 51.1 Å². The topological polar surface area (TPSA) is 113 Å². The lowest BCUT2D eigenvalue weighted by Crippen LogP contribution is -2.29. The maximum Gasteiger partial charge on any atom is 0.264 e. The molecule has 13 heteroatoms. The summed E-state index contributed by atoms with van der Waals surface area (Å²) in [7, 11) is -7.66. The molecular formula is C30H25Cl2N3O6S2. The van der Waals surface area contributed by atoms with E-state index in [0.29, 0.717) is 41.5 Å². The quantitative estimate of drug-likeness (QED) is 0.267. The Hall–Kier alpha value is -3.77. The first-order valence-electron chi connectivity index (χ1n) is 13.3. The third kappa shape index (κ3) is 5.65. The Morgan fingerprint density at radius 1 is 0.744 bits per heavy atom. The summed E-state index contributed by atoms with van der Waals surface area (Å²) in [5, 5.41) is 3.19. The van der Waals surface area contributed by atoms with Crippen molar-refractivity contribution in [3.8, 4) is 5.75 Å². The fraction of sp³-hybridized carbons (Fsp3) is 0.167. The maximum absolute atomic E-state index is 13.3. The van der Waals surface area contributed by atoms with Crippen molar-refractivity contribution in [2.24, 2.45) is 0 Å². The van der Waals surface area contributed by atoms with Gasteiger partial charge in [0.1, 0.15) is 5.75 Å². The van der Waals surface area contributed by atoms with Crippen LogP contribution in [-0.2, 0) is 37.7 Å². The van der Waals surface area contributed by atoms with Crippen LogP contribution in [0, 0.1) is 0 Å². The molecule has 0 spiro atoms. The monoisotopic (exact) mass is 657 g/mol. The van der Waals surface area contributed by atoms with Gasteiger partial charge in [-0.3, -0.25) is 13.4 Å². The number of sulfonamides is 2. The van der Waals surface area contributed by atoms with Crippen LogP contribution in [0.25, 0.3) is 0 Å². The molecule has 0 bridgehead atoms. The third-order valence-electron chi connectivity index (χ3n) is 7.32. The average Bonchev–Trinajstić information content (AvgIpc) is 3.62. The van der Waals surface area contributed by atoms with E-state index in [-0.39, 0.29) is 27.1 Å². The Balaban J connectivity index is 1.12. The molecule has 0 atom stereocenters. The number of amides is 1. The maximum atomic E-state index is 13.3. The second-order valence-electron chi connectivity index (χ2n) is 10.0. The number of fused-ring (bicyclic) bond motifs is 2. The normalized spacial score (nSPS) is 14.4. The standard InChI is InChI=1S/C30H25Cl2N3O6S2/c31-22-6-9-24(10-7-22)42(37,38)35-16-14-21-5-8-23(17-28(21)35)33-30(36)19-41-29-12-11-25(18-26(29)32)43(39,40)34-15-13-20-3-1-2-4-27(20)34/h1-12,17-18H,13-16,19H2,(H,33,36). The number of benzene rings is 4. The van der Waals surface area contributed by atoms with Gasteiger partial charge in [0.15, 0.2) is 6.61 Å². The van der Waals surface area contributed by atoms with Crippen molar-refractivity contribution in [1.82, 2.24) is 0 Å². The molecule has 6 rings (SSSR count). The third-order valence-corrected chi connectivity index (χ3v) is 11.5. The van der Waals surface area contributed by atoms with E-state index < -0.39 is 32.6 Å². The van der Waals surface area contributed by atoms with Crippen LogP contribution in [-0.4, -0.2) is 42.4 Å². The molecule has 2 aliphatic rings. The predicted octanol–water partition coefficient (Wildman–Crippen LogP) is 5.51.